The van der Waals surface area contributed by atoms with Crippen molar-refractivity contribution in [2.24, 2.45) is 11.8 Å². The van der Waals surface area contributed by atoms with Gasteiger partial charge in [-0.1, -0.05) is 38.1 Å². The molecule has 1 N–H and O–H groups in total. The maximum atomic E-state index is 12.1. The van der Waals surface area contributed by atoms with Crippen LogP contribution in [0.25, 0.3) is 0 Å². The van der Waals surface area contributed by atoms with Crippen LogP contribution in [0, 0.1) is 11.8 Å². The number of piperidine rings is 1. The molecule has 4 nitrogen and oxygen atoms in total. The molecule has 4 heteroatoms. The lowest BCUT2D eigenvalue weighted by Gasteiger charge is -2.35. The van der Waals surface area contributed by atoms with Crippen LogP contribution in [0.4, 0.5) is 0 Å². The third-order valence-electron chi connectivity index (χ3n) is 4.75. The molecular formula is C21H27N3O. The summed E-state index contributed by atoms with van der Waals surface area (Å²) in [6.45, 7) is 8.61. The Bertz CT molecular complexity index is 674. The predicted molar refractivity (Wildman–Crippen MR) is 100 cm³/mol. The van der Waals surface area contributed by atoms with Gasteiger partial charge in [0.15, 0.2) is 0 Å². The monoisotopic (exact) mass is 337 g/mol. The first-order chi connectivity index (χ1) is 12.1. The average molecular weight is 337 g/mol. The second-order valence-electron chi connectivity index (χ2n) is 7.38. The van der Waals surface area contributed by atoms with Gasteiger partial charge in [-0.05, 0) is 41.5 Å². The summed E-state index contributed by atoms with van der Waals surface area (Å²) in [6, 6.07) is 12.1. The molecule has 0 aliphatic carbocycles. The quantitative estimate of drug-likeness (QED) is 0.908. The molecule has 1 aromatic carbocycles. The van der Waals surface area contributed by atoms with E-state index in [-0.39, 0.29) is 5.91 Å². The number of hydrogen-bond acceptors (Lipinski definition) is 3. The summed E-state index contributed by atoms with van der Waals surface area (Å²) in [4.78, 5) is 18.6. The smallest absolute Gasteiger partial charge is 0.253 e. The van der Waals surface area contributed by atoms with Gasteiger partial charge in [0, 0.05) is 38.6 Å². The van der Waals surface area contributed by atoms with Crippen molar-refractivity contribution >= 4 is 5.91 Å². The molecule has 0 saturated carbocycles. The fourth-order valence-corrected chi connectivity index (χ4v) is 3.72. The highest BCUT2D eigenvalue weighted by molar-refractivity contribution is 5.93. The number of nitrogens with one attached hydrogen (secondary N) is 1. The number of carbonyl (C=O) groups excluding carboxylic acids is 1. The van der Waals surface area contributed by atoms with E-state index in [0.717, 1.165) is 23.9 Å². The zero-order valence-electron chi connectivity index (χ0n) is 15.1. The van der Waals surface area contributed by atoms with E-state index >= 15 is 0 Å². The lowest BCUT2D eigenvalue weighted by atomic mass is 9.91. The minimum absolute atomic E-state index is 0.0894. The molecule has 1 aliphatic rings. The Morgan fingerprint density at radius 2 is 1.80 bits per heavy atom. The maximum Gasteiger partial charge on any atom is 0.253 e. The zero-order chi connectivity index (χ0) is 17.6. The number of benzene rings is 1. The Balaban J connectivity index is 1.51. The van der Waals surface area contributed by atoms with Crippen LogP contribution in [-0.2, 0) is 13.1 Å². The van der Waals surface area contributed by atoms with Crippen molar-refractivity contribution < 1.29 is 4.79 Å². The highest BCUT2D eigenvalue weighted by Crippen LogP contribution is 2.22. The van der Waals surface area contributed by atoms with Crippen LogP contribution in [-0.4, -0.2) is 28.9 Å². The topological polar surface area (TPSA) is 45.2 Å². The molecule has 0 bridgehead atoms. The van der Waals surface area contributed by atoms with E-state index in [1.807, 2.05) is 0 Å². The first-order valence-electron chi connectivity index (χ1n) is 9.08. The minimum atomic E-state index is -0.0894. The fourth-order valence-electron chi connectivity index (χ4n) is 3.72. The molecule has 3 rings (SSSR count). The van der Waals surface area contributed by atoms with Gasteiger partial charge in [-0.15, -0.1) is 0 Å². The number of aromatic nitrogens is 1. The molecule has 1 saturated heterocycles. The Morgan fingerprint density at radius 1 is 1.12 bits per heavy atom. The van der Waals surface area contributed by atoms with Crippen LogP contribution in [0.5, 0.6) is 0 Å². The standard InChI is InChI=1S/C21H27N3O/c1-16-10-17(2)14-24(13-16)15-19-7-5-18(6-8-19)11-23-21(25)20-4-3-9-22-12-20/h3-9,12,16-17H,10-11,13-15H2,1-2H3,(H,23,25)/t16-,17+. The van der Waals surface area contributed by atoms with Crippen molar-refractivity contribution in [2.45, 2.75) is 33.4 Å². The molecule has 1 aromatic heterocycles. The first kappa shape index (κ1) is 17.6. The van der Waals surface area contributed by atoms with Crippen LogP contribution in [0.1, 0.15) is 41.8 Å². The fraction of sp³-hybridized carbons (Fsp3) is 0.429. The van der Waals surface area contributed by atoms with Gasteiger partial charge >= 0.3 is 0 Å². The SMILES string of the molecule is C[C@@H]1C[C@H](C)CN(Cc2ccc(CNC(=O)c3cccnc3)cc2)C1. The van der Waals surface area contributed by atoms with Crippen molar-refractivity contribution in [2.75, 3.05) is 13.1 Å². The third-order valence-corrected chi connectivity index (χ3v) is 4.75. The Morgan fingerprint density at radius 3 is 2.44 bits per heavy atom. The molecule has 132 valence electrons. The van der Waals surface area contributed by atoms with Crippen LogP contribution >= 0.6 is 0 Å². The van der Waals surface area contributed by atoms with Gasteiger partial charge in [0.2, 0.25) is 0 Å². The molecule has 0 radical (unpaired) electrons. The van der Waals surface area contributed by atoms with E-state index in [2.05, 4.69) is 53.3 Å². The summed E-state index contributed by atoms with van der Waals surface area (Å²) in [5.74, 6) is 1.48. The third kappa shape index (κ3) is 5.13. The van der Waals surface area contributed by atoms with Gasteiger partial charge in [0.05, 0.1) is 5.56 Å². The number of carbonyl (C=O) groups is 1. The summed E-state index contributed by atoms with van der Waals surface area (Å²) in [6.07, 6.45) is 4.59. The molecule has 2 heterocycles. The Hall–Kier alpha value is -2.20. The number of nitrogens with zero attached hydrogens (tertiary/aromatic N) is 2. The van der Waals surface area contributed by atoms with Crippen LogP contribution < -0.4 is 5.32 Å². The van der Waals surface area contributed by atoms with Crippen molar-refractivity contribution in [3.63, 3.8) is 0 Å². The summed E-state index contributed by atoms with van der Waals surface area (Å²) < 4.78 is 0. The molecular weight excluding hydrogens is 310 g/mol. The van der Waals surface area contributed by atoms with Crippen LogP contribution in [0.2, 0.25) is 0 Å². The summed E-state index contributed by atoms with van der Waals surface area (Å²) >= 11 is 0. The highest BCUT2D eigenvalue weighted by atomic mass is 16.1. The van der Waals surface area contributed by atoms with E-state index in [1.54, 1.807) is 24.5 Å². The van der Waals surface area contributed by atoms with Crippen molar-refractivity contribution in [1.82, 2.24) is 15.2 Å². The number of likely N-dealkylation sites (tertiary alicyclic amines) is 1. The predicted octanol–water partition coefficient (Wildman–Crippen LogP) is 3.49. The molecule has 1 amide bonds. The van der Waals surface area contributed by atoms with Gasteiger partial charge in [-0.25, -0.2) is 0 Å². The summed E-state index contributed by atoms with van der Waals surface area (Å²) in [7, 11) is 0. The molecule has 2 atom stereocenters. The molecule has 1 aliphatic heterocycles. The first-order valence-corrected chi connectivity index (χ1v) is 9.08. The highest BCUT2D eigenvalue weighted by Gasteiger charge is 2.21. The number of rotatable bonds is 5. The van der Waals surface area contributed by atoms with Gasteiger partial charge in [0.1, 0.15) is 0 Å². The van der Waals surface area contributed by atoms with E-state index in [0.29, 0.717) is 12.1 Å². The molecule has 25 heavy (non-hydrogen) atoms. The second kappa shape index (κ2) is 8.26. The van der Waals surface area contributed by atoms with Crippen molar-refractivity contribution in [1.29, 1.82) is 0 Å². The van der Waals surface area contributed by atoms with Crippen LogP contribution in [0.3, 0.4) is 0 Å². The molecule has 2 aromatic rings. The van der Waals surface area contributed by atoms with Gasteiger partial charge in [-0.2, -0.15) is 0 Å². The lowest BCUT2D eigenvalue weighted by molar-refractivity contribution is 0.0950. The van der Waals surface area contributed by atoms with E-state index < -0.39 is 0 Å². The summed E-state index contributed by atoms with van der Waals surface area (Å²) in [5.41, 5.74) is 3.04. The van der Waals surface area contributed by atoms with E-state index in [1.165, 1.54) is 25.1 Å². The molecule has 0 spiro atoms. The van der Waals surface area contributed by atoms with Gasteiger partial charge in [0.25, 0.3) is 5.91 Å². The number of amides is 1. The van der Waals surface area contributed by atoms with Gasteiger partial charge in [-0.3, -0.25) is 14.7 Å². The largest absolute Gasteiger partial charge is 0.348 e. The van der Waals surface area contributed by atoms with E-state index in [4.69, 9.17) is 0 Å². The molecule has 0 unspecified atom stereocenters. The minimum Gasteiger partial charge on any atom is -0.348 e. The lowest BCUT2D eigenvalue weighted by Crippen LogP contribution is -2.38. The molecule has 1 fully saturated rings. The van der Waals surface area contributed by atoms with Gasteiger partial charge < -0.3 is 5.32 Å². The van der Waals surface area contributed by atoms with Crippen molar-refractivity contribution in [3.8, 4) is 0 Å². The van der Waals surface area contributed by atoms with Crippen LogP contribution in [0.15, 0.2) is 48.8 Å². The number of pyridine rings is 1. The zero-order valence-corrected chi connectivity index (χ0v) is 15.1. The van der Waals surface area contributed by atoms with Crippen molar-refractivity contribution in [3.05, 3.63) is 65.5 Å². The summed E-state index contributed by atoms with van der Waals surface area (Å²) in [5, 5.41) is 2.94. The van der Waals surface area contributed by atoms with E-state index in [9.17, 15) is 4.79 Å². The Kier molecular flexibility index (Phi) is 5.82. The maximum absolute atomic E-state index is 12.1. The Labute approximate surface area is 150 Å². The average Bonchev–Trinajstić information content (AvgIpc) is 2.61. The normalized spacial score (nSPS) is 21.0. The second-order valence-corrected chi connectivity index (χ2v) is 7.38. The number of hydrogen-bond donors (Lipinski definition) is 1.